The van der Waals surface area contributed by atoms with E-state index in [1.54, 1.807) is 6.92 Å². The smallest absolute Gasteiger partial charge is 0.273 e. The second kappa shape index (κ2) is 6.24. The van der Waals surface area contributed by atoms with Gasteiger partial charge in [0, 0.05) is 0 Å². The van der Waals surface area contributed by atoms with Crippen molar-refractivity contribution >= 4 is 10.8 Å². The van der Waals surface area contributed by atoms with Gasteiger partial charge in [0.05, 0.1) is 35.9 Å². The van der Waals surface area contributed by atoms with E-state index in [2.05, 4.69) is 20.4 Å². The molecular formula is C12H16N4O3. The summed E-state index contributed by atoms with van der Waals surface area (Å²) < 4.78 is 5.53. The van der Waals surface area contributed by atoms with Crippen LogP contribution in [0.5, 0.6) is 5.88 Å². The van der Waals surface area contributed by atoms with Crippen molar-refractivity contribution in [3.63, 3.8) is 0 Å². The van der Waals surface area contributed by atoms with Gasteiger partial charge in [-0.25, -0.2) is 5.10 Å². The average molecular weight is 264 g/mol. The lowest BCUT2D eigenvalue weighted by Crippen LogP contribution is -2.11. The molecule has 0 aliphatic rings. The third kappa shape index (κ3) is 3.47. The minimum atomic E-state index is -0.314. The van der Waals surface area contributed by atoms with Gasteiger partial charge in [-0.3, -0.25) is 4.79 Å². The van der Waals surface area contributed by atoms with Crippen LogP contribution in [0.1, 0.15) is 26.2 Å². The largest absolute Gasteiger partial charge is 0.476 e. The van der Waals surface area contributed by atoms with Crippen molar-refractivity contribution in [1.82, 2.24) is 20.4 Å². The lowest BCUT2D eigenvalue weighted by Gasteiger charge is -2.07. The minimum Gasteiger partial charge on any atom is -0.476 e. The summed E-state index contributed by atoms with van der Waals surface area (Å²) >= 11 is 0. The fourth-order valence-corrected chi connectivity index (χ4v) is 1.72. The normalized spacial score (nSPS) is 12.5. The summed E-state index contributed by atoms with van der Waals surface area (Å²) in [7, 11) is 0. The molecule has 102 valence electrons. The zero-order valence-corrected chi connectivity index (χ0v) is 10.7. The molecule has 1 atom stereocenters. The Labute approximate surface area is 109 Å². The molecule has 0 fully saturated rings. The molecule has 7 nitrogen and oxygen atoms in total. The van der Waals surface area contributed by atoms with E-state index in [1.807, 2.05) is 0 Å². The molecule has 2 rings (SSSR count). The molecule has 0 spiro atoms. The number of hydrogen-bond donors (Lipinski definition) is 2. The van der Waals surface area contributed by atoms with Crippen LogP contribution in [-0.2, 0) is 0 Å². The van der Waals surface area contributed by atoms with Crippen molar-refractivity contribution < 1.29 is 9.84 Å². The second-order valence-electron chi connectivity index (χ2n) is 4.37. The van der Waals surface area contributed by atoms with E-state index in [4.69, 9.17) is 9.84 Å². The predicted molar refractivity (Wildman–Crippen MR) is 69.0 cm³/mol. The highest BCUT2D eigenvalue weighted by Crippen LogP contribution is 2.17. The molecule has 0 aliphatic heterocycles. The number of rotatable bonds is 6. The van der Waals surface area contributed by atoms with Gasteiger partial charge in [0.1, 0.15) is 0 Å². The van der Waals surface area contributed by atoms with Gasteiger partial charge < -0.3 is 9.84 Å². The van der Waals surface area contributed by atoms with E-state index in [0.717, 1.165) is 19.3 Å². The van der Waals surface area contributed by atoms with Crippen molar-refractivity contribution in [3.05, 3.63) is 22.7 Å². The van der Waals surface area contributed by atoms with Crippen LogP contribution in [0.4, 0.5) is 0 Å². The van der Waals surface area contributed by atoms with Gasteiger partial charge in [0.25, 0.3) is 5.56 Å². The topological polar surface area (TPSA) is 101 Å². The molecule has 0 radical (unpaired) electrons. The first-order chi connectivity index (χ1) is 9.18. The van der Waals surface area contributed by atoms with E-state index in [9.17, 15) is 4.79 Å². The molecular weight excluding hydrogens is 248 g/mol. The van der Waals surface area contributed by atoms with Crippen LogP contribution in [0, 0.1) is 0 Å². The number of nitrogens with zero attached hydrogens (tertiary/aromatic N) is 3. The summed E-state index contributed by atoms with van der Waals surface area (Å²) in [6.45, 7) is 2.24. The van der Waals surface area contributed by atoms with Crippen LogP contribution in [0.2, 0.25) is 0 Å². The third-order valence-electron chi connectivity index (χ3n) is 2.72. The third-order valence-corrected chi connectivity index (χ3v) is 2.72. The molecule has 2 heterocycles. The molecule has 0 amide bonds. The molecule has 2 aromatic heterocycles. The number of aromatic amines is 1. The van der Waals surface area contributed by atoms with E-state index < -0.39 is 0 Å². The van der Waals surface area contributed by atoms with Crippen molar-refractivity contribution in [2.45, 2.75) is 32.3 Å². The van der Waals surface area contributed by atoms with Crippen LogP contribution in [0.3, 0.4) is 0 Å². The molecule has 0 saturated heterocycles. The van der Waals surface area contributed by atoms with Crippen molar-refractivity contribution in [1.29, 1.82) is 0 Å². The highest BCUT2D eigenvalue weighted by molar-refractivity contribution is 5.83. The quantitative estimate of drug-likeness (QED) is 0.743. The summed E-state index contributed by atoms with van der Waals surface area (Å²) in [5.41, 5.74) is -0.314. The van der Waals surface area contributed by atoms with Crippen molar-refractivity contribution in [2.24, 2.45) is 0 Å². The Morgan fingerprint density at radius 3 is 2.79 bits per heavy atom. The van der Waals surface area contributed by atoms with E-state index in [0.29, 0.717) is 23.3 Å². The Balaban J connectivity index is 2.01. The van der Waals surface area contributed by atoms with Gasteiger partial charge in [-0.1, -0.05) is 0 Å². The Bertz CT molecular complexity index is 597. The van der Waals surface area contributed by atoms with E-state index in [1.165, 1.54) is 12.4 Å². The number of aliphatic hydroxyl groups excluding tert-OH is 1. The maximum absolute atomic E-state index is 11.5. The molecule has 0 aliphatic carbocycles. The summed E-state index contributed by atoms with van der Waals surface area (Å²) in [6.07, 6.45) is 4.99. The first-order valence-electron chi connectivity index (χ1n) is 6.18. The monoisotopic (exact) mass is 264 g/mol. The SMILES string of the molecule is C[C@@H](O)CCCCOc1n[nH]c(=O)c2cnncc12. The molecule has 2 N–H and O–H groups in total. The van der Waals surface area contributed by atoms with E-state index in [-0.39, 0.29) is 11.7 Å². The minimum absolute atomic E-state index is 0.290. The number of H-pyrrole nitrogens is 1. The lowest BCUT2D eigenvalue weighted by atomic mass is 10.2. The molecule has 2 aromatic rings. The maximum atomic E-state index is 11.5. The molecule has 7 heteroatoms. The molecule has 19 heavy (non-hydrogen) atoms. The zero-order chi connectivity index (χ0) is 13.7. The van der Waals surface area contributed by atoms with Gasteiger partial charge in [-0.15, -0.1) is 5.10 Å². The Morgan fingerprint density at radius 2 is 2.05 bits per heavy atom. The van der Waals surface area contributed by atoms with Gasteiger partial charge in [-0.2, -0.15) is 10.2 Å². The van der Waals surface area contributed by atoms with Gasteiger partial charge in [0.2, 0.25) is 5.88 Å². The maximum Gasteiger partial charge on any atom is 0.273 e. The molecule has 0 bridgehead atoms. The fourth-order valence-electron chi connectivity index (χ4n) is 1.72. The number of unbranched alkanes of at least 4 members (excludes halogenated alkanes) is 1. The number of ether oxygens (including phenoxy) is 1. The summed E-state index contributed by atoms with van der Waals surface area (Å²) in [5, 5.41) is 23.7. The Morgan fingerprint density at radius 1 is 1.32 bits per heavy atom. The second-order valence-corrected chi connectivity index (χ2v) is 4.37. The first kappa shape index (κ1) is 13.4. The lowest BCUT2D eigenvalue weighted by molar-refractivity contribution is 0.176. The fraction of sp³-hybridized carbons (Fsp3) is 0.500. The standard InChI is InChI=1S/C12H16N4O3/c1-8(17)4-2-3-5-19-12-10-7-14-13-6-9(10)11(18)15-16-12/h6-8,17H,2-5H2,1H3,(H,15,18)/t8-/m1/s1. The van der Waals surface area contributed by atoms with Crippen LogP contribution < -0.4 is 10.3 Å². The van der Waals surface area contributed by atoms with Gasteiger partial charge in [0.15, 0.2) is 0 Å². The van der Waals surface area contributed by atoms with Gasteiger partial charge in [-0.05, 0) is 26.2 Å². The molecule has 0 unspecified atom stereocenters. The van der Waals surface area contributed by atoms with Crippen molar-refractivity contribution in [3.8, 4) is 5.88 Å². The van der Waals surface area contributed by atoms with Gasteiger partial charge >= 0.3 is 0 Å². The number of fused-ring (bicyclic) bond motifs is 1. The predicted octanol–water partition coefficient (Wildman–Crippen LogP) is 0.643. The van der Waals surface area contributed by atoms with Crippen molar-refractivity contribution in [2.75, 3.05) is 6.61 Å². The summed E-state index contributed by atoms with van der Waals surface area (Å²) in [5.74, 6) is 0.349. The average Bonchev–Trinajstić information content (AvgIpc) is 2.41. The number of nitrogens with one attached hydrogen (secondary N) is 1. The number of aliphatic hydroxyl groups is 1. The number of hydrogen-bond acceptors (Lipinski definition) is 6. The van der Waals surface area contributed by atoms with Crippen LogP contribution in [0.15, 0.2) is 17.2 Å². The number of aromatic nitrogens is 4. The Kier molecular flexibility index (Phi) is 4.40. The van der Waals surface area contributed by atoms with Crippen LogP contribution in [0.25, 0.3) is 10.8 Å². The first-order valence-corrected chi connectivity index (χ1v) is 6.18. The van der Waals surface area contributed by atoms with Crippen LogP contribution >= 0.6 is 0 Å². The summed E-state index contributed by atoms with van der Waals surface area (Å²) in [6, 6.07) is 0. The zero-order valence-electron chi connectivity index (χ0n) is 10.7. The summed E-state index contributed by atoms with van der Waals surface area (Å²) in [4.78, 5) is 11.5. The molecule has 0 aromatic carbocycles. The van der Waals surface area contributed by atoms with Crippen LogP contribution in [-0.4, -0.2) is 38.2 Å². The highest BCUT2D eigenvalue weighted by Gasteiger charge is 2.07. The molecule has 0 saturated carbocycles. The van der Waals surface area contributed by atoms with E-state index >= 15 is 0 Å². The highest BCUT2D eigenvalue weighted by atomic mass is 16.5. The Hall–Kier alpha value is -2.02.